The maximum Gasteiger partial charge on any atom is 0.161 e. The third-order valence-electron chi connectivity index (χ3n) is 2.93. The highest BCUT2D eigenvalue weighted by molar-refractivity contribution is 5.76. The van der Waals surface area contributed by atoms with Gasteiger partial charge in [0.15, 0.2) is 18.4 Å². The summed E-state index contributed by atoms with van der Waals surface area (Å²) in [7, 11) is 0. The first-order valence-corrected chi connectivity index (χ1v) is 6.66. The van der Waals surface area contributed by atoms with Crippen LogP contribution >= 0.6 is 0 Å². The van der Waals surface area contributed by atoms with E-state index in [1.54, 1.807) is 0 Å². The summed E-state index contributed by atoms with van der Waals surface area (Å²) in [5.74, 6) is 0.0101. The number of carbonyl (C=O) groups excluding carboxylic acids is 1. The predicted molar refractivity (Wildman–Crippen MR) is 70.4 cm³/mol. The zero-order valence-corrected chi connectivity index (χ0v) is 11.2. The van der Waals surface area contributed by atoms with Gasteiger partial charge in [0, 0.05) is 0 Å². The second-order valence-electron chi connectivity index (χ2n) is 4.74. The quantitative estimate of drug-likeness (QED) is 0.792. The molecule has 2 atom stereocenters. The van der Waals surface area contributed by atoms with E-state index in [2.05, 4.69) is 0 Å². The van der Waals surface area contributed by atoms with Gasteiger partial charge in [0.25, 0.3) is 0 Å². The molecule has 1 aliphatic rings. The molecule has 1 aromatic rings. The second kappa shape index (κ2) is 7.38. The summed E-state index contributed by atoms with van der Waals surface area (Å²) in [5.41, 5.74) is 1.12. The molecule has 1 saturated heterocycles. The lowest BCUT2D eigenvalue weighted by molar-refractivity contribution is -0.268. The predicted octanol–water partition coefficient (Wildman–Crippen LogP) is 2.66. The fraction of sp³-hybridized carbons (Fsp3) is 0.533. The average Bonchev–Trinajstić information content (AvgIpc) is 2.44. The van der Waals surface area contributed by atoms with E-state index in [4.69, 9.17) is 14.2 Å². The van der Waals surface area contributed by atoms with E-state index in [9.17, 15) is 4.79 Å². The van der Waals surface area contributed by atoms with Crippen LogP contribution in [0.1, 0.15) is 31.7 Å². The van der Waals surface area contributed by atoms with Crippen molar-refractivity contribution in [1.82, 2.24) is 0 Å². The second-order valence-corrected chi connectivity index (χ2v) is 4.74. The van der Waals surface area contributed by atoms with E-state index in [1.165, 1.54) is 6.92 Å². The molecule has 1 fully saturated rings. The molecule has 0 aromatic heterocycles. The molecule has 1 aromatic carbocycles. The summed E-state index contributed by atoms with van der Waals surface area (Å²) in [6.45, 7) is 2.15. The van der Waals surface area contributed by atoms with Gasteiger partial charge >= 0.3 is 0 Å². The third kappa shape index (κ3) is 5.11. The van der Waals surface area contributed by atoms with Crippen LogP contribution in [-0.4, -0.2) is 25.0 Å². The number of carbonyl (C=O) groups is 1. The van der Waals surface area contributed by atoms with Crippen molar-refractivity contribution >= 4 is 5.78 Å². The van der Waals surface area contributed by atoms with Crippen LogP contribution in [0.15, 0.2) is 30.3 Å². The lowest BCUT2D eigenvalue weighted by atomic mass is 10.2. The topological polar surface area (TPSA) is 44.8 Å². The van der Waals surface area contributed by atoms with E-state index < -0.39 is 0 Å². The smallest absolute Gasteiger partial charge is 0.161 e. The number of Topliss-reactive ketones (excluding diaryl/α,β-unsaturated/α-hetero) is 1. The van der Waals surface area contributed by atoms with Gasteiger partial charge in [0.1, 0.15) is 6.61 Å². The Kier molecular flexibility index (Phi) is 5.51. The molecule has 2 rings (SSSR count). The van der Waals surface area contributed by atoms with Crippen molar-refractivity contribution in [2.45, 2.75) is 45.4 Å². The van der Waals surface area contributed by atoms with Crippen molar-refractivity contribution in [2.24, 2.45) is 0 Å². The number of hydrogen-bond donors (Lipinski definition) is 0. The van der Waals surface area contributed by atoms with Crippen LogP contribution in [0, 0.1) is 0 Å². The fourth-order valence-electron chi connectivity index (χ4n) is 1.98. The normalized spacial score (nSPS) is 23.2. The lowest BCUT2D eigenvalue weighted by Crippen LogP contribution is -2.32. The molecule has 19 heavy (non-hydrogen) atoms. The Bertz CT molecular complexity index is 390. The minimum absolute atomic E-state index is 0.0101. The molecule has 4 heteroatoms. The number of hydrogen-bond acceptors (Lipinski definition) is 4. The van der Waals surface area contributed by atoms with Gasteiger partial charge in [-0.2, -0.15) is 0 Å². The highest BCUT2D eigenvalue weighted by Crippen LogP contribution is 2.21. The molecule has 0 saturated carbocycles. The van der Waals surface area contributed by atoms with Crippen LogP contribution in [0.5, 0.6) is 0 Å². The summed E-state index contributed by atoms with van der Waals surface area (Å²) >= 11 is 0. The SMILES string of the molecule is CC(=O)CO[C@@H]1CCCC(OCc2ccccc2)O1. The van der Waals surface area contributed by atoms with E-state index in [0.29, 0.717) is 6.61 Å². The van der Waals surface area contributed by atoms with E-state index >= 15 is 0 Å². The Morgan fingerprint density at radius 3 is 2.58 bits per heavy atom. The first kappa shape index (κ1) is 14.2. The number of ether oxygens (including phenoxy) is 3. The molecular formula is C15H20O4. The Balaban J connectivity index is 1.73. The lowest BCUT2D eigenvalue weighted by Gasteiger charge is -2.29. The molecule has 1 unspecified atom stereocenters. The molecule has 0 aliphatic carbocycles. The van der Waals surface area contributed by atoms with Crippen molar-refractivity contribution in [3.05, 3.63) is 35.9 Å². The number of rotatable bonds is 6. The van der Waals surface area contributed by atoms with Gasteiger partial charge in [-0.1, -0.05) is 30.3 Å². The van der Waals surface area contributed by atoms with Gasteiger partial charge in [-0.25, -0.2) is 0 Å². The molecule has 1 heterocycles. The number of benzene rings is 1. The zero-order valence-electron chi connectivity index (χ0n) is 11.2. The van der Waals surface area contributed by atoms with Crippen LogP contribution in [0.3, 0.4) is 0 Å². The molecule has 0 N–H and O–H groups in total. The van der Waals surface area contributed by atoms with Crippen LogP contribution in [0.2, 0.25) is 0 Å². The van der Waals surface area contributed by atoms with Crippen molar-refractivity contribution in [3.63, 3.8) is 0 Å². The van der Waals surface area contributed by atoms with Crippen LogP contribution in [0.4, 0.5) is 0 Å². The van der Waals surface area contributed by atoms with Crippen molar-refractivity contribution in [1.29, 1.82) is 0 Å². The number of ketones is 1. The molecule has 4 nitrogen and oxygen atoms in total. The molecule has 0 bridgehead atoms. The Hall–Kier alpha value is -1.23. The largest absolute Gasteiger partial charge is 0.348 e. The molecule has 0 radical (unpaired) electrons. The third-order valence-corrected chi connectivity index (χ3v) is 2.93. The van der Waals surface area contributed by atoms with Gasteiger partial charge in [0.05, 0.1) is 6.61 Å². The average molecular weight is 264 g/mol. The first-order chi connectivity index (χ1) is 9.24. The summed E-state index contributed by atoms with van der Waals surface area (Å²) < 4.78 is 16.8. The van der Waals surface area contributed by atoms with Gasteiger partial charge in [-0.3, -0.25) is 4.79 Å². The van der Waals surface area contributed by atoms with Crippen molar-refractivity contribution in [2.75, 3.05) is 6.61 Å². The molecule has 0 spiro atoms. The molecular weight excluding hydrogens is 244 g/mol. The Morgan fingerprint density at radius 2 is 1.89 bits per heavy atom. The minimum Gasteiger partial charge on any atom is -0.348 e. The van der Waals surface area contributed by atoms with Gasteiger partial charge in [-0.15, -0.1) is 0 Å². The highest BCUT2D eigenvalue weighted by atomic mass is 16.8. The summed E-state index contributed by atoms with van der Waals surface area (Å²) in [6.07, 6.45) is 2.11. The van der Waals surface area contributed by atoms with E-state index in [1.807, 2.05) is 30.3 Å². The first-order valence-electron chi connectivity index (χ1n) is 6.66. The zero-order chi connectivity index (χ0) is 13.5. The Labute approximate surface area is 113 Å². The monoisotopic (exact) mass is 264 g/mol. The van der Waals surface area contributed by atoms with Crippen LogP contribution in [0.25, 0.3) is 0 Å². The van der Waals surface area contributed by atoms with Crippen molar-refractivity contribution in [3.8, 4) is 0 Å². The summed E-state index contributed by atoms with van der Waals surface area (Å²) in [6, 6.07) is 9.99. The van der Waals surface area contributed by atoms with Gasteiger partial charge in [-0.05, 0) is 31.7 Å². The van der Waals surface area contributed by atoms with E-state index in [-0.39, 0.29) is 25.0 Å². The molecule has 1 aliphatic heterocycles. The standard InChI is InChI=1S/C15H20O4/c1-12(16)10-17-14-8-5-9-15(19-14)18-11-13-6-3-2-4-7-13/h2-4,6-7,14-15H,5,8-11H2,1H3/t14-,15?/m0/s1. The fourth-order valence-corrected chi connectivity index (χ4v) is 1.98. The minimum atomic E-state index is -0.321. The van der Waals surface area contributed by atoms with Gasteiger partial charge < -0.3 is 14.2 Å². The Morgan fingerprint density at radius 1 is 1.21 bits per heavy atom. The van der Waals surface area contributed by atoms with Gasteiger partial charge in [0.2, 0.25) is 0 Å². The van der Waals surface area contributed by atoms with Crippen molar-refractivity contribution < 1.29 is 19.0 Å². The highest BCUT2D eigenvalue weighted by Gasteiger charge is 2.23. The maximum atomic E-state index is 10.9. The van der Waals surface area contributed by atoms with E-state index in [0.717, 1.165) is 24.8 Å². The molecule has 0 amide bonds. The maximum absolute atomic E-state index is 10.9. The van der Waals surface area contributed by atoms with Crippen LogP contribution < -0.4 is 0 Å². The molecule has 104 valence electrons. The van der Waals surface area contributed by atoms with Crippen LogP contribution in [-0.2, 0) is 25.6 Å². The summed E-state index contributed by atoms with van der Waals surface area (Å²) in [5, 5.41) is 0. The summed E-state index contributed by atoms with van der Waals surface area (Å²) in [4.78, 5) is 10.9.